The van der Waals surface area contributed by atoms with Crippen LogP contribution in [0.4, 0.5) is 5.69 Å². The molecule has 0 radical (unpaired) electrons. The average molecular weight is 438 g/mol. The molecule has 0 saturated carbocycles. The molecule has 0 spiro atoms. The normalized spacial score (nSPS) is 11.7. The van der Waals surface area contributed by atoms with Crippen LogP contribution in [0.2, 0.25) is 5.04 Å². The molecule has 32 heavy (non-hydrogen) atoms. The van der Waals surface area contributed by atoms with Gasteiger partial charge in [-0.2, -0.15) is 0 Å². The minimum absolute atomic E-state index is 0.0523. The van der Waals surface area contributed by atoms with Crippen LogP contribution in [0.3, 0.4) is 0 Å². The van der Waals surface area contributed by atoms with Crippen LogP contribution in [0.5, 0.6) is 5.75 Å². The van der Waals surface area contributed by atoms with E-state index < -0.39 is 8.32 Å². The maximum Gasteiger partial charge on any atom is 0.319 e. The Morgan fingerprint density at radius 3 is 1.56 bits per heavy atom. The first-order chi connectivity index (χ1) is 15.5. The largest absolute Gasteiger partial charge is 0.534 e. The second kappa shape index (κ2) is 9.45. The van der Waals surface area contributed by atoms with E-state index in [4.69, 9.17) is 4.43 Å². The molecule has 4 rings (SSSR count). The minimum Gasteiger partial charge on any atom is -0.534 e. The molecule has 0 fully saturated rings. The van der Waals surface area contributed by atoms with E-state index in [0.717, 1.165) is 18.0 Å². The zero-order valence-electron chi connectivity index (χ0n) is 19.1. The molecule has 0 aliphatic heterocycles. The summed E-state index contributed by atoms with van der Waals surface area (Å²) in [5.41, 5.74) is 2.35. The third kappa shape index (κ3) is 4.63. The molecule has 0 saturated heterocycles. The Balaban J connectivity index is 1.66. The van der Waals surface area contributed by atoms with E-state index in [-0.39, 0.29) is 5.04 Å². The summed E-state index contributed by atoms with van der Waals surface area (Å²) in [7, 11) is -2.59. The van der Waals surface area contributed by atoms with Crippen LogP contribution in [-0.4, -0.2) is 8.32 Å². The van der Waals surface area contributed by atoms with Crippen molar-refractivity contribution in [3.05, 3.63) is 121 Å². The Morgan fingerprint density at radius 2 is 1.09 bits per heavy atom. The second-order valence-electron chi connectivity index (χ2n) is 9.13. The van der Waals surface area contributed by atoms with Crippen LogP contribution in [0.25, 0.3) is 0 Å². The van der Waals surface area contributed by atoms with Crippen molar-refractivity contribution in [1.82, 2.24) is 0 Å². The zero-order chi connectivity index (χ0) is 22.4. The summed E-state index contributed by atoms with van der Waals surface area (Å²) in [6, 6.07) is 40.3. The molecule has 0 aromatic heterocycles. The van der Waals surface area contributed by atoms with Crippen LogP contribution < -0.4 is 20.1 Å². The molecule has 162 valence electrons. The van der Waals surface area contributed by atoms with E-state index in [9.17, 15) is 0 Å². The molecule has 0 aliphatic rings. The maximum atomic E-state index is 7.07. The van der Waals surface area contributed by atoms with Gasteiger partial charge in [0, 0.05) is 12.2 Å². The summed E-state index contributed by atoms with van der Waals surface area (Å²) in [6.45, 7) is 7.69. The Kier molecular flexibility index (Phi) is 6.47. The Hall–Kier alpha value is -3.30. The van der Waals surface area contributed by atoms with Crippen molar-refractivity contribution in [1.29, 1.82) is 0 Å². The predicted molar refractivity (Wildman–Crippen MR) is 138 cm³/mol. The van der Waals surface area contributed by atoms with Crippen molar-refractivity contribution < 1.29 is 4.43 Å². The van der Waals surface area contributed by atoms with E-state index in [1.54, 1.807) is 0 Å². The molecular weight excluding hydrogens is 406 g/mol. The van der Waals surface area contributed by atoms with E-state index in [0.29, 0.717) is 0 Å². The summed E-state index contributed by atoms with van der Waals surface area (Å²) >= 11 is 0. The SMILES string of the molecule is CC(C)(C)[Si](Oc1ccc(CNc2ccccc2)cc1)(c1ccccc1)c1ccccc1. The highest BCUT2D eigenvalue weighted by atomic mass is 28.4. The van der Waals surface area contributed by atoms with E-state index in [1.807, 2.05) is 18.2 Å². The van der Waals surface area contributed by atoms with Gasteiger partial charge in [-0.1, -0.05) is 112 Å². The van der Waals surface area contributed by atoms with Crippen molar-refractivity contribution in [3.8, 4) is 5.75 Å². The molecule has 0 bridgehead atoms. The Labute approximate surface area is 193 Å². The van der Waals surface area contributed by atoms with Crippen LogP contribution in [0.15, 0.2) is 115 Å². The van der Waals surface area contributed by atoms with Crippen LogP contribution in [0.1, 0.15) is 26.3 Å². The number of nitrogens with one attached hydrogen (secondary N) is 1. The lowest BCUT2D eigenvalue weighted by atomic mass is 10.2. The van der Waals surface area contributed by atoms with Gasteiger partial charge in [-0.3, -0.25) is 0 Å². The third-order valence-corrected chi connectivity index (χ3v) is 10.8. The monoisotopic (exact) mass is 437 g/mol. The van der Waals surface area contributed by atoms with Gasteiger partial charge < -0.3 is 9.74 Å². The van der Waals surface area contributed by atoms with Gasteiger partial charge in [-0.05, 0) is 45.2 Å². The van der Waals surface area contributed by atoms with E-state index in [2.05, 4.69) is 123 Å². The lowest BCUT2D eigenvalue weighted by molar-refractivity contribution is 0.508. The molecule has 1 N–H and O–H groups in total. The Bertz CT molecular complexity index is 1070. The number of benzene rings is 4. The number of anilines is 1. The van der Waals surface area contributed by atoms with Gasteiger partial charge in [0.25, 0.3) is 0 Å². The summed E-state index contributed by atoms with van der Waals surface area (Å²) < 4.78 is 7.07. The van der Waals surface area contributed by atoms with Crippen molar-refractivity contribution in [2.45, 2.75) is 32.4 Å². The highest BCUT2D eigenvalue weighted by Crippen LogP contribution is 2.37. The standard InChI is InChI=1S/C29H31NOSi/c1-29(2,3)32(27-15-9-5-10-16-27,28-17-11-6-12-18-28)31-26-21-19-24(20-22-26)23-30-25-13-7-4-8-14-25/h4-22,30H,23H2,1-3H3. The minimum atomic E-state index is -2.59. The first-order valence-corrected chi connectivity index (χ1v) is 13.1. The quantitative estimate of drug-likeness (QED) is 0.346. The van der Waals surface area contributed by atoms with Gasteiger partial charge in [-0.15, -0.1) is 0 Å². The molecule has 0 amide bonds. The lowest BCUT2D eigenvalue weighted by Gasteiger charge is -2.43. The second-order valence-corrected chi connectivity index (χ2v) is 13.4. The van der Waals surface area contributed by atoms with Crippen molar-refractivity contribution >= 4 is 24.4 Å². The summed E-state index contributed by atoms with van der Waals surface area (Å²) in [5.74, 6) is 0.919. The summed E-state index contributed by atoms with van der Waals surface area (Å²) in [5, 5.41) is 5.99. The van der Waals surface area contributed by atoms with Gasteiger partial charge in [0.05, 0.1) is 0 Å². The fourth-order valence-corrected chi connectivity index (χ4v) is 8.68. The van der Waals surface area contributed by atoms with Crippen molar-refractivity contribution in [2.75, 3.05) is 5.32 Å². The highest BCUT2D eigenvalue weighted by molar-refractivity contribution is 7.00. The molecular formula is C29H31NOSi. The topological polar surface area (TPSA) is 21.3 Å². The number of hydrogen-bond donors (Lipinski definition) is 1. The van der Waals surface area contributed by atoms with Crippen LogP contribution in [0, 0.1) is 0 Å². The third-order valence-electron chi connectivity index (χ3n) is 5.88. The number of rotatable bonds is 7. The highest BCUT2D eigenvalue weighted by Gasteiger charge is 2.52. The van der Waals surface area contributed by atoms with E-state index in [1.165, 1.54) is 15.9 Å². The van der Waals surface area contributed by atoms with Crippen LogP contribution >= 0.6 is 0 Å². The fourth-order valence-electron chi connectivity index (χ4n) is 4.26. The van der Waals surface area contributed by atoms with Gasteiger partial charge in [0.2, 0.25) is 0 Å². The zero-order valence-corrected chi connectivity index (χ0v) is 20.1. The fraction of sp³-hybridized carbons (Fsp3) is 0.172. The van der Waals surface area contributed by atoms with Crippen molar-refractivity contribution in [3.63, 3.8) is 0 Å². The number of para-hydroxylation sites is 1. The average Bonchev–Trinajstić information content (AvgIpc) is 2.83. The maximum absolute atomic E-state index is 7.07. The predicted octanol–water partition coefficient (Wildman–Crippen LogP) is 6.24. The molecule has 4 aromatic rings. The van der Waals surface area contributed by atoms with Crippen molar-refractivity contribution in [2.24, 2.45) is 0 Å². The van der Waals surface area contributed by atoms with E-state index >= 15 is 0 Å². The molecule has 2 nitrogen and oxygen atoms in total. The summed E-state index contributed by atoms with van der Waals surface area (Å²) in [6.07, 6.45) is 0. The van der Waals surface area contributed by atoms with Gasteiger partial charge >= 0.3 is 8.32 Å². The molecule has 0 unspecified atom stereocenters. The molecule has 0 aliphatic carbocycles. The smallest absolute Gasteiger partial charge is 0.319 e. The van der Waals surface area contributed by atoms with Gasteiger partial charge in [-0.25, -0.2) is 0 Å². The van der Waals surface area contributed by atoms with Crippen LogP contribution in [-0.2, 0) is 6.54 Å². The lowest BCUT2D eigenvalue weighted by Crippen LogP contribution is -2.68. The molecule has 0 heterocycles. The summed E-state index contributed by atoms with van der Waals surface area (Å²) in [4.78, 5) is 0. The molecule has 3 heteroatoms. The molecule has 0 atom stereocenters. The Morgan fingerprint density at radius 1 is 0.625 bits per heavy atom. The van der Waals surface area contributed by atoms with Gasteiger partial charge in [0.15, 0.2) is 0 Å². The first-order valence-electron chi connectivity index (χ1n) is 11.2. The molecule has 4 aromatic carbocycles. The van der Waals surface area contributed by atoms with Gasteiger partial charge in [0.1, 0.15) is 5.75 Å². The first kappa shape index (κ1) is 21.9. The number of hydrogen-bond acceptors (Lipinski definition) is 2.